The van der Waals surface area contributed by atoms with Gasteiger partial charge >= 0.3 is 0 Å². The lowest BCUT2D eigenvalue weighted by Gasteiger charge is -2.34. The van der Waals surface area contributed by atoms with Gasteiger partial charge in [0.15, 0.2) is 5.96 Å². The number of rotatable bonds is 9. The molecule has 158 valence electrons. The third-order valence-electron chi connectivity index (χ3n) is 5.12. The van der Waals surface area contributed by atoms with Crippen LogP contribution in [0.1, 0.15) is 28.6 Å². The van der Waals surface area contributed by atoms with Gasteiger partial charge in [0.1, 0.15) is 0 Å². The molecule has 0 aromatic carbocycles. The molecule has 2 aliphatic rings. The monoisotopic (exact) mass is 410 g/mol. The summed E-state index contributed by atoms with van der Waals surface area (Å²) in [7, 11) is 1.82. The molecule has 2 aliphatic heterocycles. The number of thiophene rings is 1. The van der Waals surface area contributed by atoms with Crippen molar-refractivity contribution in [3.05, 3.63) is 21.9 Å². The van der Waals surface area contributed by atoms with Crippen molar-refractivity contribution in [2.45, 2.75) is 31.9 Å². The highest BCUT2D eigenvalue weighted by molar-refractivity contribution is 7.12. The highest BCUT2D eigenvalue weighted by Crippen LogP contribution is 2.27. The Morgan fingerprint density at radius 3 is 2.82 bits per heavy atom. The Bertz CT molecular complexity index is 598. The molecule has 1 aromatic rings. The van der Waals surface area contributed by atoms with Crippen LogP contribution in [-0.2, 0) is 14.2 Å². The molecule has 0 bridgehead atoms. The third kappa shape index (κ3) is 6.70. The first-order chi connectivity index (χ1) is 13.8. The van der Waals surface area contributed by atoms with Gasteiger partial charge in [0.2, 0.25) is 0 Å². The smallest absolute Gasteiger partial charge is 0.191 e. The summed E-state index contributed by atoms with van der Waals surface area (Å²) >= 11 is 1.88. The molecule has 2 fully saturated rings. The standard InChI is InChI=1S/C20H34N4O3S/c1-16-4-5-19(28-16)18(24-8-12-25-13-9-24)14-23-20(21-2)22-7-3-10-27-17-6-11-26-15-17/h4-5,17-18H,3,6-15H2,1-2H3,(H2,21,22,23). The first-order valence-corrected chi connectivity index (χ1v) is 11.1. The zero-order valence-corrected chi connectivity index (χ0v) is 17.9. The van der Waals surface area contributed by atoms with Crippen molar-refractivity contribution in [2.24, 2.45) is 4.99 Å². The fourth-order valence-electron chi connectivity index (χ4n) is 3.52. The van der Waals surface area contributed by atoms with Crippen molar-refractivity contribution in [3.63, 3.8) is 0 Å². The number of hydrogen-bond donors (Lipinski definition) is 2. The van der Waals surface area contributed by atoms with Crippen LogP contribution in [0.4, 0.5) is 0 Å². The van der Waals surface area contributed by atoms with E-state index in [1.165, 1.54) is 9.75 Å². The van der Waals surface area contributed by atoms with Crippen LogP contribution in [0.2, 0.25) is 0 Å². The Morgan fingerprint density at radius 2 is 2.14 bits per heavy atom. The molecule has 3 rings (SSSR count). The second kappa shape index (κ2) is 11.7. The van der Waals surface area contributed by atoms with Crippen LogP contribution in [-0.4, -0.2) is 83.2 Å². The molecule has 0 saturated carbocycles. The highest BCUT2D eigenvalue weighted by Gasteiger charge is 2.24. The normalized spacial score (nSPS) is 22.4. The fraction of sp³-hybridized carbons (Fsp3) is 0.750. The lowest BCUT2D eigenvalue weighted by atomic mass is 10.2. The van der Waals surface area contributed by atoms with Crippen molar-refractivity contribution in [1.29, 1.82) is 0 Å². The topological polar surface area (TPSA) is 67.4 Å². The molecular formula is C20H34N4O3S. The molecule has 0 aliphatic carbocycles. The second-order valence-electron chi connectivity index (χ2n) is 7.20. The Labute approximate surface area is 172 Å². The van der Waals surface area contributed by atoms with Crippen molar-refractivity contribution in [2.75, 3.05) is 66.3 Å². The summed E-state index contributed by atoms with van der Waals surface area (Å²) in [5.74, 6) is 0.843. The van der Waals surface area contributed by atoms with E-state index in [1.807, 2.05) is 18.4 Å². The summed E-state index contributed by atoms with van der Waals surface area (Å²) < 4.78 is 16.7. The molecular weight excluding hydrogens is 376 g/mol. The zero-order valence-electron chi connectivity index (χ0n) is 17.1. The summed E-state index contributed by atoms with van der Waals surface area (Å²) in [4.78, 5) is 9.63. The van der Waals surface area contributed by atoms with Gasteiger partial charge < -0.3 is 24.8 Å². The first-order valence-electron chi connectivity index (χ1n) is 10.3. The Kier molecular flexibility index (Phi) is 9.01. The number of nitrogens with one attached hydrogen (secondary N) is 2. The molecule has 28 heavy (non-hydrogen) atoms. The summed E-state index contributed by atoms with van der Waals surface area (Å²) in [5, 5.41) is 6.91. The zero-order chi connectivity index (χ0) is 19.6. The quantitative estimate of drug-likeness (QED) is 0.368. The highest BCUT2D eigenvalue weighted by atomic mass is 32.1. The number of aryl methyl sites for hydroxylation is 1. The maximum absolute atomic E-state index is 5.81. The van der Waals surface area contributed by atoms with E-state index in [0.717, 1.165) is 78.0 Å². The Balaban J connectivity index is 1.42. The van der Waals surface area contributed by atoms with Crippen molar-refractivity contribution in [1.82, 2.24) is 15.5 Å². The lowest BCUT2D eigenvalue weighted by Crippen LogP contribution is -2.46. The maximum Gasteiger partial charge on any atom is 0.191 e. The Morgan fingerprint density at radius 1 is 1.29 bits per heavy atom. The van der Waals surface area contributed by atoms with Crippen molar-refractivity contribution >= 4 is 17.3 Å². The largest absolute Gasteiger partial charge is 0.379 e. The molecule has 2 unspecified atom stereocenters. The first kappa shape index (κ1) is 21.5. The van der Waals surface area contributed by atoms with Crippen molar-refractivity contribution in [3.8, 4) is 0 Å². The summed E-state index contributed by atoms with van der Waals surface area (Å²) in [6, 6.07) is 4.80. The molecule has 7 nitrogen and oxygen atoms in total. The average molecular weight is 411 g/mol. The predicted molar refractivity (Wildman–Crippen MR) is 113 cm³/mol. The average Bonchev–Trinajstić information content (AvgIpc) is 3.39. The molecule has 8 heteroatoms. The van der Waals surface area contributed by atoms with Crippen LogP contribution in [0.5, 0.6) is 0 Å². The molecule has 2 N–H and O–H groups in total. The van der Waals surface area contributed by atoms with E-state index in [-0.39, 0.29) is 6.10 Å². The number of nitrogens with zero attached hydrogens (tertiary/aromatic N) is 2. The second-order valence-corrected chi connectivity index (χ2v) is 8.52. The Hall–Kier alpha value is -1.19. The van der Waals surface area contributed by atoms with Crippen LogP contribution >= 0.6 is 11.3 Å². The minimum absolute atomic E-state index is 0.279. The van der Waals surface area contributed by atoms with Gasteiger partial charge in [-0.05, 0) is 31.9 Å². The summed E-state index contributed by atoms with van der Waals surface area (Å²) in [6.07, 6.45) is 2.25. The number of aliphatic imine (C=N–C) groups is 1. The molecule has 2 atom stereocenters. The third-order valence-corrected chi connectivity index (χ3v) is 6.22. The van der Waals surface area contributed by atoms with Gasteiger partial charge in [0, 0.05) is 56.2 Å². The van der Waals surface area contributed by atoms with Crippen LogP contribution in [0.3, 0.4) is 0 Å². The van der Waals surface area contributed by atoms with E-state index < -0.39 is 0 Å². The van der Waals surface area contributed by atoms with Gasteiger partial charge in [0.05, 0.1) is 32.0 Å². The van der Waals surface area contributed by atoms with E-state index in [4.69, 9.17) is 14.2 Å². The lowest BCUT2D eigenvalue weighted by molar-refractivity contribution is 0.0177. The van der Waals surface area contributed by atoms with Gasteiger partial charge in [-0.3, -0.25) is 9.89 Å². The van der Waals surface area contributed by atoms with E-state index in [9.17, 15) is 0 Å². The van der Waals surface area contributed by atoms with E-state index >= 15 is 0 Å². The van der Waals surface area contributed by atoms with E-state index in [1.54, 1.807) is 0 Å². The molecule has 2 saturated heterocycles. The minimum atomic E-state index is 0.279. The predicted octanol–water partition coefficient (Wildman–Crippen LogP) is 1.79. The van der Waals surface area contributed by atoms with E-state index in [2.05, 4.69) is 39.6 Å². The van der Waals surface area contributed by atoms with Gasteiger partial charge in [-0.2, -0.15) is 0 Å². The van der Waals surface area contributed by atoms with E-state index in [0.29, 0.717) is 6.04 Å². The van der Waals surface area contributed by atoms with Gasteiger partial charge in [-0.15, -0.1) is 11.3 Å². The molecule has 1 aromatic heterocycles. The minimum Gasteiger partial charge on any atom is -0.379 e. The molecule has 3 heterocycles. The van der Waals surface area contributed by atoms with Gasteiger partial charge in [-0.25, -0.2) is 0 Å². The number of guanidine groups is 1. The summed E-state index contributed by atoms with van der Waals surface area (Å²) in [5.41, 5.74) is 0. The van der Waals surface area contributed by atoms with Gasteiger partial charge in [-0.1, -0.05) is 0 Å². The van der Waals surface area contributed by atoms with Gasteiger partial charge in [0.25, 0.3) is 0 Å². The van der Waals surface area contributed by atoms with Crippen LogP contribution in [0, 0.1) is 6.92 Å². The molecule has 0 spiro atoms. The number of hydrogen-bond acceptors (Lipinski definition) is 6. The summed E-state index contributed by atoms with van der Waals surface area (Å²) in [6.45, 7) is 9.70. The molecule has 0 amide bonds. The fourth-order valence-corrected chi connectivity index (χ4v) is 4.53. The van der Waals surface area contributed by atoms with Crippen LogP contribution < -0.4 is 10.6 Å². The van der Waals surface area contributed by atoms with Crippen LogP contribution in [0.15, 0.2) is 17.1 Å². The number of morpholine rings is 1. The van der Waals surface area contributed by atoms with Crippen molar-refractivity contribution < 1.29 is 14.2 Å². The molecule has 0 radical (unpaired) electrons. The number of ether oxygens (including phenoxy) is 3. The SMILES string of the molecule is CN=C(NCCCOC1CCOC1)NCC(c1ccc(C)s1)N1CCOCC1. The van der Waals surface area contributed by atoms with Crippen LogP contribution in [0.25, 0.3) is 0 Å². The maximum atomic E-state index is 5.81.